The van der Waals surface area contributed by atoms with E-state index in [1.165, 1.54) is 0 Å². The largest absolute Gasteiger partial charge is 0.457 e. The van der Waals surface area contributed by atoms with Crippen LogP contribution >= 0.6 is 0 Å². The molecule has 0 saturated carbocycles. The fourth-order valence-corrected chi connectivity index (χ4v) is 3.54. The average Bonchev–Trinajstić information content (AvgIpc) is 3.35. The van der Waals surface area contributed by atoms with Crippen molar-refractivity contribution in [1.82, 2.24) is 9.88 Å². The van der Waals surface area contributed by atoms with Gasteiger partial charge in [-0.1, -0.05) is 12.1 Å². The fourth-order valence-electron chi connectivity index (χ4n) is 3.54. The van der Waals surface area contributed by atoms with E-state index in [0.29, 0.717) is 41.6 Å². The minimum absolute atomic E-state index is 0.0528. The summed E-state index contributed by atoms with van der Waals surface area (Å²) in [6.07, 6.45) is 1.47. The maximum atomic E-state index is 12.4. The van der Waals surface area contributed by atoms with Gasteiger partial charge in [0.2, 0.25) is 5.88 Å². The Hall–Kier alpha value is -4.84. The number of hydrogen-bond donors (Lipinski definition) is 1. The number of nitrogens with zero attached hydrogens (tertiary/aromatic N) is 3. The van der Waals surface area contributed by atoms with E-state index in [4.69, 9.17) is 25.2 Å². The van der Waals surface area contributed by atoms with E-state index in [1.54, 1.807) is 65.6 Å². The molecule has 2 heterocycles. The molecule has 0 atom stereocenters. The summed E-state index contributed by atoms with van der Waals surface area (Å²) in [7, 11) is 0. The lowest BCUT2D eigenvalue weighted by atomic mass is 10.1. The third-order valence-corrected chi connectivity index (χ3v) is 5.26. The van der Waals surface area contributed by atoms with Crippen LogP contribution in [0.3, 0.4) is 0 Å². The second-order valence-corrected chi connectivity index (χ2v) is 9.32. The molecule has 3 aromatic rings. The van der Waals surface area contributed by atoms with Gasteiger partial charge in [-0.05, 0) is 80.9 Å². The Labute approximate surface area is 214 Å². The van der Waals surface area contributed by atoms with Crippen LogP contribution in [0.1, 0.15) is 42.4 Å². The van der Waals surface area contributed by atoms with Gasteiger partial charge in [0.25, 0.3) is 5.91 Å². The molecule has 1 aromatic heterocycles. The summed E-state index contributed by atoms with van der Waals surface area (Å²) < 4.78 is 17.1. The molecule has 9 nitrogen and oxygen atoms in total. The van der Waals surface area contributed by atoms with Crippen molar-refractivity contribution in [2.24, 2.45) is 5.73 Å². The topological polar surface area (TPSA) is 128 Å². The first-order valence-electron chi connectivity index (χ1n) is 11.6. The summed E-state index contributed by atoms with van der Waals surface area (Å²) in [4.78, 5) is 30.5. The Bertz CT molecular complexity index is 1400. The predicted molar refractivity (Wildman–Crippen MR) is 136 cm³/mol. The second-order valence-electron chi connectivity index (χ2n) is 9.32. The molecule has 0 unspecified atom stereocenters. The number of nitrogens with two attached hydrogens (primary N) is 1. The smallest absolute Gasteiger partial charge is 0.410 e. The Morgan fingerprint density at radius 3 is 2.35 bits per heavy atom. The number of pyridine rings is 1. The Morgan fingerprint density at radius 1 is 1.00 bits per heavy atom. The quantitative estimate of drug-likeness (QED) is 0.490. The molecule has 0 radical (unpaired) electrons. The monoisotopic (exact) mass is 498 g/mol. The van der Waals surface area contributed by atoms with Crippen molar-refractivity contribution in [3.63, 3.8) is 0 Å². The molecule has 0 saturated heterocycles. The minimum Gasteiger partial charge on any atom is -0.457 e. The number of carbonyl (C=O) groups is 2. The summed E-state index contributed by atoms with van der Waals surface area (Å²) >= 11 is 0. The first-order chi connectivity index (χ1) is 17.6. The fraction of sp³-hybridized carbons (Fsp3) is 0.214. The Balaban J connectivity index is 1.49. The lowest BCUT2D eigenvalue weighted by Gasteiger charge is -2.24. The summed E-state index contributed by atoms with van der Waals surface area (Å²) in [5.74, 6) is 0.862. The molecule has 1 aliphatic heterocycles. The van der Waals surface area contributed by atoms with Crippen molar-refractivity contribution in [1.29, 1.82) is 5.26 Å². The zero-order valence-electron chi connectivity index (χ0n) is 20.7. The van der Waals surface area contributed by atoms with E-state index in [0.717, 1.165) is 5.57 Å². The highest BCUT2D eigenvalue weighted by molar-refractivity contribution is 5.95. The summed E-state index contributed by atoms with van der Waals surface area (Å²) in [5, 5.41) is 9.05. The standard InChI is InChI=1S/C28H26N4O5/c1-28(2,3)37-27(34)32-14-13-19(17-32)24-12-11-23(25(30)33)26(31-24)36-21-9-7-20(8-10-21)35-22-6-4-5-18(15-22)16-29/h4-13,15H,14,17H2,1-3H3,(H2,30,33). The molecule has 0 bridgehead atoms. The molecule has 0 fully saturated rings. The molecule has 0 spiro atoms. The summed E-state index contributed by atoms with van der Waals surface area (Å²) in [6, 6.07) is 18.8. The molecule has 2 N–H and O–H groups in total. The van der Waals surface area contributed by atoms with Crippen LogP contribution in [0.25, 0.3) is 5.57 Å². The zero-order chi connectivity index (χ0) is 26.6. The van der Waals surface area contributed by atoms with E-state index in [1.807, 2.05) is 26.8 Å². The summed E-state index contributed by atoms with van der Waals surface area (Å²) in [6.45, 7) is 6.14. The number of ether oxygens (including phenoxy) is 3. The molecule has 4 rings (SSSR count). The van der Waals surface area contributed by atoms with Crippen LogP contribution in [0.15, 0.2) is 66.7 Å². The molecule has 1 aliphatic rings. The highest BCUT2D eigenvalue weighted by Gasteiger charge is 2.27. The van der Waals surface area contributed by atoms with E-state index in [-0.39, 0.29) is 11.4 Å². The van der Waals surface area contributed by atoms with E-state index in [9.17, 15) is 9.59 Å². The van der Waals surface area contributed by atoms with Crippen LogP contribution in [0.2, 0.25) is 0 Å². The van der Waals surface area contributed by atoms with Crippen LogP contribution in [0.4, 0.5) is 4.79 Å². The number of benzene rings is 2. The number of nitriles is 1. The molecule has 2 amide bonds. The third-order valence-electron chi connectivity index (χ3n) is 5.26. The van der Waals surface area contributed by atoms with Crippen LogP contribution in [-0.2, 0) is 4.74 Å². The number of carbonyl (C=O) groups excluding carboxylic acids is 2. The number of primary amides is 1. The van der Waals surface area contributed by atoms with Gasteiger partial charge in [-0.3, -0.25) is 4.79 Å². The van der Waals surface area contributed by atoms with Crippen molar-refractivity contribution >= 4 is 17.6 Å². The first kappa shape index (κ1) is 25.3. The van der Waals surface area contributed by atoms with Crippen LogP contribution < -0.4 is 15.2 Å². The lowest BCUT2D eigenvalue weighted by Crippen LogP contribution is -2.35. The number of aromatic nitrogens is 1. The van der Waals surface area contributed by atoms with E-state index in [2.05, 4.69) is 11.1 Å². The number of rotatable bonds is 6. The normalized spacial score (nSPS) is 12.9. The molecule has 9 heteroatoms. The molecule has 2 aromatic carbocycles. The Kier molecular flexibility index (Phi) is 7.11. The zero-order valence-corrected chi connectivity index (χ0v) is 20.7. The lowest BCUT2D eigenvalue weighted by molar-refractivity contribution is 0.0306. The Morgan fingerprint density at radius 2 is 1.70 bits per heavy atom. The van der Waals surface area contributed by atoms with Gasteiger partial charge in [0.1, 0.15) is 28.4 Å². The van der Waals surface area contributed by atoms with Gasteiger partial charge in [0, 0.05) is 6.54 Å². The van der Waals surface area contributed by atoms with Crippen LogP contribution in [-0.4, -0.2) is 40.6 Å². The minimum atomic E-state index is -0.679. The number of amides is 2. The van der Waals surface area contributed by atoms with E-state index >= 15 is 0 Å². The van der Waals surface area contributed by atoms with Crippen LogP contribution in [0.5, 0.6) is 23.1 Å². The van der Waals surface area contributed by atoms with Gasteiger partial charge in [-0.15, -0.1) is 0 Å². The second kappa shape index (κ2) is 10.4. The van der Waals surface area contributed by atoms with Crippen molar-refractivity contribution < 1.29 is 23.8 Å². The highest BCUT2D eigenvalue weighted by Crippen LogP contribution is 2.30. The molecule has 188 valence electrons. The highest BCUT2D eigenvalue weighted by atomic mass is 16.6. The number of hydrogen-bond acceptors (Lipinski definition) is 7. The van der Waals surface area contributed by atoms with Gasteiger partial charge in [0.05, 0.1) is 23.9 Å². The van der Waals surface area contributed by atoms with Gasteiger partial charge in [-0.2, -0.15) is 5.26 Å². The summed E-state index contributed by atoms with van der Waals surface area (Å²) in [5.41, 5.74) is 6.93. The van der Waals surface area contributed by atoms with Crippen molar-refractivity contribution in [3.05, 3.63) is 83.6 Å². The molecular weight excluding hydrogens is 472 g/mol. The van der Waals surface area contributed by atoms with E-state index < -0.39 is 17.6 Å². The van der Waals surface area contributed by atoms with Gasteiger partial charge in [-0.25, -0.2) is 9.78 Å². The predicted octanol–water partition coefficient (Wildman–Crippen LogP) is 5.27. The maximum Gasteiger partial charge on any atom is 0.410 e. The van der Waals surface area contributed by atoms with Gasteiger partial charge < -0.3 is 24.8 Å². The van der Waals surface area contributed by atoms with Crippen molar-refractivity contribution in [3.8, 4) is 29.2 Å². The van der Waals surface area contributed by atoms with Gasteiger partial charge >= 0.3 is 6.09 Å². The third kappa shape index (κ3) is 6.44. The van der Waals surface area contributed by atoms with Crippen LogP contribution in [0, 0.1) is 11.3 Å². The SMILES string of the molecule is CC(C)(C)OC(=O)N1CC=C(c2ccc(C(N)=O)c(Oc3ccc(Oc4cccc(C#N)c4)cc3)n2)C1. The molecule has 0 aliphatic carbocycles. The molecular formula is C28H26N4O5. The van der Waals surface area contributed by atoms with Gasteiger partial charge in [0.15, 0.2) is 0 Å². The average molecular weight is 499 g/mol. The maximum absolute atomic E-state index is 12.4. The molecule has 37 heavy (non-hydrogen) atoms. The first-order valence-corrected chi connectivity index (χ1v) is 11.6. The van der Waals surface area contributed by atoms with Crippen molar-refractivity contribution in [2.75, 3.05) is 13.1 Å². The van der Waals surface area contributed by atoms with Crippen molar-refractivity contribution in [2.45, 2.75) is 26.4 Å².